The molecule has 3 aromatic rings. The van der Waals surface area contributed by atoms with Crippen LogP contribution in [0.1, 0.15) is 23.6 Å². The second-order valence-electron chi connectivity index (χ2n) is 7.94. The first-order valence-corrected chi connectivity index (χ1v) is 10.4. The molecule has 1 atom stereocenters. The van der Waals surface area contributed by atoms with E-state index in [0.29, 0.717) is 29.4 Å². The van der Waals surface area contributed by atoms with Crippen LogP contribution in [-0.4, -0.2) is 32.1 Å². The lowest BCUT2D eigenvalue weighted by Gasteiger charge is -2.37. The molecule has 0 aromatic heterocycles. The van der Waals surface area contributed by atoms with Gasteiger partial charge in [0.2, 0.25) is 6.79 Å². The van der Waals surface area contributed by atoms with Crippen LogP contribution in [-0.2, 0) is 16.6 Å². The number of benzene rings is 3. The number of methoxy groups -OCH3 is 2. The van der Waals surface area contributed by atoms with Crippen molar-refractivity contribution in [2.75, 3.05) is 21.0 Å². The highest BCUT2D eigenvalue weighted by Crippen LogP contribution is 2.43. The molecule has 1 heterocycles. The van der Waals surface area contributed by atoms with E-state index < -0.39 is 17.3 Å². The van der Waals surface area contributed by atoms with Gasteiger partial charge in [0.05, 0.1) is 20.1 Å². The largest absolute Gasteiger partial charge is 0.497 e. The normalized spacial score (nSPS) is 13.5. The number of carbonyl (C=O) groups is 1. The van der Waals surface area contributed by atoms with Crippen LogP contribution in [0.3, 0.4) is 0 Å². The molecule has 1 aliphatic rings. The van der Waals surface area contributed by atoms with Crippen molar-refractivity contribution in [3.8, 4) is 23.0 Å². The van der Waals surface area contributed by atoms with Gasteiger partial charge in [-0.25, -0.2) is 0 Å². The van der Waals surface area contributed by atoms with Crippen LogP contribution in [0.2, 0.25) is 0 Å². The summed E-state index contributed by atoms with van der Waals surface area (Å²) < 4.78 is 21.5. The zero-order valence-corrected chi connectivity index (χ0v) is 18.3. The van der Waals surface area contributed by atoms with Crippen molar-refractivity contribution < 1.29 is 28.8 Å². The van der Waals surface area contributed by atoms with E-state index in [1.807, 2.05) is 73.7 Å². The Labute approximate surface area is 187 Å². The highest BCUT2D eigenvalue weighted by atomic mass is 16.7. The van der Waals surface area contributed by atoms with Gasteiger partial charge >= 0.3 is 5.97 Å². The van der Waals surface area contributed by atoms with Crippen LogP contribution < -0.4 is 18.9 Å². The van der Waals surface area contributed by atoms with E-state index in [0.717, 1.165) is 16.7 Å². The molecule has 0 aliphatic carbocycles. The summed E-state index contributed by atoms with van der Waals surface area (Å²) in [4.78, 5) is 12.7. The minimum Gasteiger partial charge on any atom is -0.497 e. The van der Waals surface area contributed by atoms with Gasteiger partial charge in [-0.2, -0.15) is 0 Å². The molecular formula is C26H26O6. The lowest BCUT2D eigenvalue weighted by molar-refractivity contribution is -0.143. The minimum atomic E-state index is -0.878. The maximum absolute atomic E-state index is 12.7. The molecule has 0 radical (unpaired) electrons. The van der Waals surface area contributed by atoms with E-state index in [-0.39, 0.29) is 6.79 Å². The Morgan fingerprint density at radius 3 is 1.94 bits per heavy atom. The maximum Gasteiger partial charge on any atom is 0.308 e. The fourth-order valence-corrected chi connectivity index (χ4v) is 4.29. The van der Waals surface area contributed by atoms with Crippen LogP contribution in [0.5, 0.6) is 23.0 Å². The van der Waals surface area contributed by atoms with Crippen LogP contribution >= 0.6 is 0 Å². The van der Waals surface area contributed by atoms with Crippen molar-refractivity contribution in [2.24, 2.45) is 5.92 Å². The summed E-state index contributed by atoms with van der Waals surface area (Å²) in [6.45, 7) is 2.15. The number of ether oxygens (including phenoxy) is 4. The number of fused-ring (bicyclic) bond motifs is 1. The Bertz CT molecular complexity index is 1040. The summed E-state index contributed by atoms with van der Waals surface area (Å²) in [7, 11) is 3.22. The molecule has 0 amide bonds. The molecule has 1 unspecified atom stereocenters. The average Bonchev–Trinajstić information content (AvgIpc) is 3.30. The van der Waals surface area contributed by atoms with Gasteiger partial charge in [-0.1, -0.05) is 37.3 Å². The Morgan fingerprint density at radius 2 is 1.44 bits per heavy atom. The number of aliphatic carboxylic acids is 1. The molecule has 0 spiro atoms. The topological polar surface area (TPSA) is 74.2 Å². The first-order chi connectivity index (χ1) is 15.5. The van der Waals surface area contributed by atoms with Gasteiger partial charge in [-0.05, 0) is 59.5 Å². The Kier molecular flexibility index (Phi) is 5.95. The van der Waals surface area contributed by atoms with Gasteiger partial charge in [0.1, 0.15) is 11.5 Å². The summed E-state index contributed by atoms with van der Waals surface area (Å²) in [5.41, 5.74) is 1.82. The maximum atomic E-state index is 12.7. The van der Waals surface area contributed by atoms with E-state index in [1.54, 1.807) is 14.2 Å². The molecule has 6 heteroatoms. The van der Waals surface area contributed by atoms with E-state index in [1.165, 1.54) is 0 Å². The van der Waals surface area contributed by atoms with Crippen molar-refractivity contribution in [3.63, 3.8) is 0 Å². The first-order valence-electron chi connectivity index (χ1n) is 10.4. The van der Waals surface area contributed by atoms with E-state index in [9.17, 15) is 9.90 Å². The van der Waals surface area contributed by atoms with Crippen LogP contribution in [0.15, 0.2) is 66.7 Å². The van der Waals surface area contributed by atoms with Gasteiger partial charge in [-0.3, -0.25) is 4.79 Å². The van der Waals surface area contributed by atoms with Crippen LogP contribution in [0.25, 0.3) is 0 Å². The Hall–Kier alpha value is -3.67. The van der Waals surface area contributed by atoms with Crippen molar-refractivity contribution in [2.45, 2.75) is 18.8 Å². The Morgan fingerprint density at radius 1 is 0.906 bits per heavy atom. The second kappa shape index (κ2) is 8.83. The SMILES string of the molecule is COc1ccc(C(C)(c2ccc(OC)cc2)C(Cc2ccc3c(c2)OCO3)C(=O)O)cc1. The van der Waals surface area contributed by atoms with Gasteiger partial charge < -0.3 is 24.1 Å². The highest BCUT2D eigenvalue weighted by molar-refractivity contribution is 5.74. The molecule has 166 valence electrons. The van der Waals surface area contributed by atoms with Gasteiger partial charge in [0.25, 0.3) is 0 Å². The van der Waals surface area contributed by atoms with Gasteiger partial charge in [0.15, 0.2) is 11.5 Å². The lowest BCUT2D eigenvalue weighted by atomic mass is 9.65. The van der Waals surface area contributed by atoms with E-state index in [2.05, 4.69) is 0 Å². The number of hydrogen-bond donors (Lipinski definition) is 1. The molecule has 32 heavy (non-hydrogen) atoms. The molecule has 0 saturated carbocycles. The number of carboxylic acid groups (broad SMARTS) is 1. The second-order valence-corrected chi connectivity index (χ2v) is 7.94. The predicted octanol–water partition coefficient (Wildman–Crippen LogP) is 4.68. The summed E-state index contributed by atoms with van der Waals surface area (Å²) in [6.07, 6.45) is 0.320. The number of carboxylic acids is 1. The smallest absolute Gasteiger partial charge is 0.308 e. The third-order valence-electron chi connectivity index (χ3n) is 6.25. The molecule has 4 rings (SSSR count). The molecule has 1 aliphatic heterocycles. The molecule has 0 saturated heterocycles. The zero-order valence-electron chi connectivity index (χ0n) is 18.3. The lowest BCUT2D eigenvalue weighted by Crippen LogP contribution is -2.40. The van der Waals surface area contributed by atoms with Crippen LogP contribution in [0.4, 0.5) is 0 Å². The molecule has 6 nitrogen and oxygen atoms in total. The molecule has 0 fully saturated rings. The van der Waals surface area contributed by atoms with Crippen molar-refractivity contribution >= 4 is 5.97 Å². The quantitative estimate of drug-likeness (QED) is 0.555. The van der Waals surface area contributed by atoms with Crippen LogP contribution in [0, 0.1) is 5.92 Å². The van der Waals surface area contributed by atoms with Crippen molar-refractivity contribution in [1.82, 2.24) is 0 Å². The minimum absolute atomic E-state index is 0.177. The van der Waals surface area contributed by atoms with Crippen molar-refractivity contribution in [3.05, 3.63) is 83.4 Å². The average molecular weight is 434 g/mol. The molecule has 0 bridgehead atoms. The molecule has 3 aromatic carbocycles. The predicted molar refractivity (Wildman–Crippen MR) is 120 cm³/mol. The standard InChI is InChI=1S/C26H26O6/c1-26(18-5-9-20(29-2)10-6-18,19-7-11-21(30-3)12-8-19)22(25(27)28)14-17-4-13-23-24(15-17)32-16-31-23/h4-13,15,22H,14,16H2,1-3H3,(H,27,28). The Balaban J connectivity index is 1.80. The summed E-state index contributed by atoms with van der Waals surface area (Å²) in [6, 6.07) is 20.7. The molecular weight excluding hydrogens is 408 g/mol. The summed E-state index contributed by atoms with van der Waals surface area (Å²) >= 11 is 0. The zero-order chi connectivity index (χ0) is 22.7. The number of rotatable bonds is 8. The summed E-state index contributed by atoms with van der Waals surface area (Å²) in [5.74, 6) is 1.12. The first kappa shape index (κ1) is 21.6. The van der Waals surface area contributed by atoms with Crippen molar-refractivity contribution in [1.29, 1.82) is 0 Å². The summed E-state index contributed by atoms with van der Waals surface area (Å²) in [5, 5.41) is 10.4. The monoisotopic (exact) mass is 434 g/mol. The van der Waals surface area contributed by atoms with E-state index in [4.69, 9.17) is 18.9 Å². The van der Waals surface area contributed by atoms with Gasteiger partial charge in [-0.15, -0.1) is 0 Å². The third-order valence-corrected chi connectivity index (χ3v) is 6.25. The van der Waals surface area contributed by atoms with E-state index >= 15 is 0 Å². The fraction of sp³-hybridized carbons (Fsp3) is 0.269. The third kappa shape index (κ3) is 3.96. The number of hydrogen-bond acceptors (Lipinski definition) is 5. The molecule has 1 N–H and O–H groups in total. The highest BCUT2D eigenvalue weighted by Gasteiger charge is 2.42. The van der Waals surface area contributed by atoms with Gasteiger partial charge in [0, 0.05) is 5.41 Å². The fourth-order valence-electron chi connectivity index (χ4n) is 4.29.